The lowest BCUT2D eigenvalue weighted by molar-refractivity contribution is -0.137. The van der Waals surface area contributed by atoms with Crippen molar-refractivity contribution in [2.24, 2.45) is 5.92 Å². The number of alkyl halides is 3. The molecule has 2 aliphatic rings. The molecule has 2 atom stereocenters. The van der Waals surface area contributed by atoms with Gasteiger partial charge in [-0.05, 0) is 56.0 Å². The molecule has 8 heteroatoms. The van der Waals surface area contributed by atoms with E-state index in [-0.39, 0.29) is 40.6 Å². The number of piperidine rings is 1. The number of likely N-dealkylation sites (tertiary alicyclic amines) is 1. The minimum Gasteiger partial charge on any atom is -0.336 e. The second kappa shape index (κ2) is 7.49. The predicted octanol–water partition coefficient (Wildman–Crippen LogP) is 4.07. The minimum atomic E-state index is -4.46. The molecule has 2 amide bonds. The van der Waals surface area contributed by atoms with Crippen molar-refractivity contribution >= 4 is 6.03 Å². The highest BCUT2D eigenvalue weighted by molar-refractivity contribution is 5.74. The number of aromatic nitrogens is 1. The zero-order valence-electron chi connectivity index (χ0n) is 16.9. The third-order valence-corrected chi connectivity index (χ3v) is 5.80. The normalized spacial score (nSPS) is 20.8. The Morgan fingerprint density at radius 1 is 1.13 bits per heavy atom. The Morgan fingerprint density at radius 3 is 2.60 bits per heavy atom. The van der Waals surface area contributed by atoms with Gasteiger partial charge in [-0.2, -0.15) is 13.2 Å². The molecule has 160 valence electrons. The summed E-state index contributed by atoms with van der Waals surface area (Å²) >= 11 is 0. The Morgan fingerprint density at radius 2 is 1.90 bits per heavy atom. The highest BCUT2D eigenvalue weighted by Crippen LogP contribution is 2.36. The van der Waals surface area contributed by atoms with Crippen LogP contribution in [0.2, 0.25) is 0 Å². The summed E-state index contributed by atoms with van der Waals surface area (Å²) in [4.78, 5) is 27.4. The van der Waals surface area contributed by atoms with Crippen LogP contribution in [0.4, 0.5) is 18.0 Å². The lowest BCUT2D eigenvalue weighted by Crippen LogP contribution is -2.52. The number of benzene rings is 1. The Balaban J connectivity index is 1.66. The molecule has 30 heavy (non-hydrogen) atoms. The molecule has 1 fully saturated rings. The van der Waals surface area contributed by atoms with Crippen LogP contribution in [0.5, 0.6) is 0 Å². The molecule has 1 saturated heterocycles. The summed E-state index contributed by atoms with van der Waals surface area (Å²) in [7, 11) is 0. The fourth-order valence-corrected chi connectivity index (χ4v) is 4.53. The van der Waals surface area contributed by atoms with Crippen molar-refractivity contribution in [2.45, 2.75) is 44.9 Å². The van der Waals surface area contributed by atoms with Gasteiger partial charge in [0.25, 0.3) is 5.56 Å². The van der Waals surface area contributed by atoms with E-state index in [9.17, 15) is 22.8 Å². The van der Waals surface area contributed by atoms with Crippen LogP contribution in [0.3, 0.4) is 0 Å². The zero-order valence-corrected chi connectivity index (χ0v) is 16.9. The van der Waals surface area contributed by atoms with Gasteiger partial charge in [-0.3, -0.25) is 4.79 Å². The standard InChI is InChI=1S/C22H24F3N3O2/c1-13(2)26-21(30)27-10-14-8-16(12-27)19-7-6-18(20(29)28(19)11-14)15-4-3-5-17(9-15)22(23,24)25/h3-7,9,13-14,16H,8,10-12H2,1-2H3,(H,26,30)/t14-,16-/m1/s1. The van der Waals surface area contributed by atoms with Gasteiger partial charge in [-0.1, -0.05) is 12.1 Å². The van der Waals surface area contributed by atoms with Gasteiger partial charge >= 0.3 is 12.2 Å². The predicted molar refractivity (Wildman–Crippen MR) is 107 cm³/mol. The van der Waals surface area contributed by atoms with Crippen LogP contribution in [-0.2, 0) is 12.7 Å². The second-order valence-electron chi connectivity index (χ2n) is 8.47. The first kappa shape index (κ1) is 20.5. The van der Waals surface area contributed by atoms with Crippen molar-refractivity contribution in [1.82, 2.24) is 14.8 Å². The maximum absolute atomic E-state index is 13.2. The van der Waals surface area contributed by atoms with E-state index in [0.29, 0.717) is 19.6 Å². The van der Waals surface area contributed by atoms with E-state index in [1.54, 1.807) is 15.5 Å². The van der Waals surface area contributed by atoms with Crippen LogP contribution >= 0.6 is 0 Å². The Labute approximate surface area is 172 Å². The average molecular weight is 419 g/mol. The monoisotopic (exact) mass is 419 g/mol. The SMILES string of the molecule is CC(C)NC(=O)N1C[C@H]2C[C@H](C1)c1ccc(-c3cccc(C(F)(F)F)c3)c(=O)n1C2. The number of hydrogen-bond acceptors (Lipinski definition) is 2. The maximum atomic E-state index is 13.2. The fourth-order valence-electron chi connectivity index (χ4n) is 4.53. The van der Waals surface area contributed by atoms with E-state index in [2.05, 4.69) is 5.32 Å². The van der Waals surface area contributed by atoms with Crippen LogP contribution in [0, 0.1) is 5.92 Å². The maximum Gasteiger partial charge on any atom is 0.416 e. The van der Waals surface area contributed by atoms with Crippen molar-refractivity contribution in [2.75, 3.05) is 13.1 Å². The van der Waals surface area contributed by atoms with E-state index in [1.807, 2.05) is 19.9 Å². The van der Waals surface area contributed by atoms with E-state index < -0.39 is 11.7 Å². The van der Waals surface area contributed by atoms with Crippen LogP contribution in [0.25, 0.3) is 11.1 Å². The van der Waals surface area contributed by atoms with Gasteiger partial charge in [-0.15, -0.1) is 0 Å². The van der Waals surface area contributed by atoms with Crippen LogP contribution in [0.1, 0.15) is 37.4 Å². The molecule has 0 saturated carbocycles. The number of nitrogens with zero attached hydrogens (tertiary/aromatic N) is 2. The van der Waals surface area contributed by atoms with Crippen molar-refractivity contribution < 1.29 is 18.0 Å². The molecular formula is C22H24F3N3O2. The summed E-state index contributed by atoms with van der Waals surface area (Å²) < 4.78 is 40.9. The van der Waals surface area contributed by atoms with Gasteiger partial charge in [0.05, 0.1) is 5.56 Å². The van der Waals surface area contributed by atoms with Crippen molar-refractivity contribution in [1.29, 1.82) is 0 Å². The number of halogens is 3. The zero-order chi connectivity index (χ0) is 21.6. The number of nitrogens with one attached hydrogen (secondary N) is 1. The van der Waals surface area contributed by atoms with Gasteiger partial charge in [0.1, 0.15) is 0 Å². The molecule has 5 nitrogen and oxygen atoms in total. The largest absolute Gasteiger partial charge is 0.416 e. The number of amides is 2. The third kappa shape index (κ3) is 3.82. The number of pyridine rings is 1. The van der Waals surface area contributed by atoms with Crippen molar-refractivity contribution in [3.63, 3.8) is 0 Å². The molecule has 2 aliphatic heterocycles. The lowest BCUT2D eigenvalue weighted by atomic mass is 9.83. The topological polar surface area (TPSA) is 54.3 Å². The van der Waals surface area contributed by atoms with Gasteiger partial charge in [0.2, 0.25) is 0 Å². The number of carbonyl (C=O) groups is 1. The molecule has 1 N–H and O–H groups in total. The van der Waals surface area contributed by atoms with E-state index >= 15 is 0 Å². The molecular weight excluding hydrogens is 395 g/mol. The summed E-state index contributed by atoms with van der Waals surface area (Å²) in [5.74, 6) is 0.183. The molecule has 0 aliphatic carbocycles. The Bertz CT molecular complexity index is 1030. The van der Waals surface area contributed by atoms with Gasteiger partial charge in [0.15, 0.2) is 0 Å². The third-order valence-electron chi connectivity index (χ3n) is 5.80. The molecule has 2 aromatic rings. The van der Waals surface area contributed by atoms with E-state index in [0.717, 1.165) is 24.2 Å². The molecule has 1 aromatic heterocycles. The molecule has 0 unspecified atom stereocenters. The molecule has 0 spiro atoms. The second-order valence-corrected chi connectivity index (χ2v) is 8.47. The molecule has 1 aromatic carbocycles. The number of urea groups is 1. The summed E-state index contributed by atoms with van der Waals surface area (Å²) in [6.45, 7) is 5.37. The summed E-state index contributed by atoms with van der Waals surface area (Å²) in [6.07, 6.45) is -3.56. The van der Waals surface area contributed by atoms with Crippen molar-refractivity contribution in [3.05, 3.63) is 58.0 Å². The average Bonchev–Trinajstić information content (AvgIpc) is 2.67. The van der Waals surface area contributed by atoms with Crippen LogP contribution in [0.15, 0.2) is 41.2 Å². The molecule has 4 rings (SSSR count). The number of rotatable bonds is 2. The summed E-state index contributed by atoms with van der Waals surface area (Å²) in [6, 6.07) is 8.24. The van der Waals surface area contributed by atoms with Gasteiger partial charge in [0, 0.05) is 42.9 Å². The van der Waals surface area contributed by atoms with E-state index in [1.165, 1.54) is 12.1 Å². The minimum absolute atomic E-state index is 0.0404. The highest BCUT2D eigenvalue weighted by atomic mass is 19.4. The molecule has 2 bridgehead atoms. The van der Waals surface area contributed by atoms with Gasteiger partial charge < -0.3 is 14.8 Å². The highest BCUT2D eigenvalue weighted by Gasteiger charge is 2.37. The van der Waals surface area contributed by atoms with E-state index in [4.69, 9.17) is 0 Å². The van der Waals surface area contributed by atoms with Crippen LogP contribution < -0.4 is 10.9 Å². The summed E-state index contributed by atoms with van der Waals surface area (Å²) in [5, 5.41) is 2.91. The van der Waals surface area contributed by atoms with Crippen LogP contribution in [-0.4, -0.2) is 34.6 Å². The first-order chi connectivity index (χ1) is 14.1. The number of fused-ring (bicyclic) bond motifs is 4. The Hall–Kier alpha value is -2.77. The first-order valence-corrected chi connectivity index (χ1v) is 10.1. The molecule has 0 radical (unpaired) electrons. The first-order valence-electron chi connectivity index (χ1n) is 10.1. The van der Waals surface area contributed by atoms with Crippen molar-refractivity contribution in [3.8, 4) is 11.1 Å². The fraction of sp³-hybridized carbons (Fsp3) is 0.455. The number of carbonyl (C=O) groups excluding carboxylic acids is 1. The smallest absolute Gasteiger partial charge is 0.336 e. The van der Waals surface area contributed by atoms with Gasteiger partial charge in [-0.25, -0.2) is 4.79 Å². The Kier molecular flexibility index (Phi) is 5.11. The quantitative estimate of drug-likeness (QED) is 0.798. The molecule has 3 heterocycles. The lowest BCUT2D eigenvalue weighted by Gasteiger charge is -2.43. The summed E-state index contributed by atoms with van der Waals surface area (Å²) in [5.41, 5.74) is 0.319. The number of hydrogen-bond donors (Lipinski definition) is 1.